The van der Waals surface area contributed by atoms with Gasteiger partial charge in [-0.05, 0) is 59.2 Å². The molecule has 44 heavy (non-hydrogen) atoms. The predicted molar refractivity (Wildman–Crippen MR) is 173 cm³/mol. The largest absolute Gasteiger partial charge is 0.352 e. The van der Waals surface area contributed by atoms with Gasteiger partial charge in [0, 0.05) is 19.0 Å². The van der Waals surface area contributed by atoms with E-state index in [-0.39, 0.29) is 30.3 Å². The molecule has 3 aromatic rings. The number of nitrogens with zero attached hydrogens (tertiary/aromatic N) is 2. The number of halogens is 1. The van der Waals surface area contributed by atoms with Crippen molar-refractivity contribution < 1.29 is 22.4 Å². The number of amides is 2. The van der Waals surface area contributed by atoms with E-state index in [2.05, 4.69) is 26.1 Å². The molecule has 1 aliphatic carbocycles. The average molecular weight is 622 g/mol. The van der Waals surface area contributed by atoms with Gasteiger partial charge in [-0.25, -0.2) is 12.8 Å². The molecule has 0 spiro atoms. The van der Waals surface area contributed by atoms with E-state index in [4.69, 9.17) is 0 Å². The lowest BCUT2D eigenvalue weighted by Gasteiger charge is -2.35. The molecule has 1 atom stereocenters. The van der Waals surface area contributed by atoms with Crippen molar-refractivity contribution in [2.24, 2.45) is 0 Å². The van der Waals surface area contributed by atoms with Crippen LogP contribution in [0, 0.1) is 5.82 Å². The van der Waals surface area contributed by atoms with Gasteiger partial charge < -0.3 is 10.2 Å². The first kappa shape index (κ1) is 33.2. The monoisotopic (exact) mass is 621 g/mol. The number of nitrogens with one attached hydrogen (secondary N) is 1. The number of carbonyl (C=O) groups is 2. The Morgan fingerprint density at radius 3 is 2.07 bits per heavy atom. The second-order valence-electron chi connectivity index (χ2n) is 12.8. The Kier molecular flexibility index (Phi) is 10.8. The van der Waals surface area contributed by atoms with Crippen LogP contribution in [-0.2, 0) is 38.0 Å². The first-order chi connectivity index (χ1) is 20.8. The van der Waals surface area contributed by atoms with E-state index in [0.29, 0.717) is 11.3 Å². The first-order valence-electron chi connectivity index (χ1n) is 15.3. The number of hydrogen-bond acceptors (Lipinski definition) is 4. The van der Waals surface area contributed by atoms with Gasteiger partial charge in [0.2, 0.25) is 21.8 Å². The van der Waals surface area contributed by atoms with Crippen LogP contribution in [0.15, 0.2) is 78.9 Å². The van der Waals surface area contributed by atoms with Crippen LogP contribution in [0.1, 0.15) is 69.6 Å². The summed E-state index contributed by atoms with van der Waals surface area (Å²) in [5, 5.41) is 3.18. The van der Waals surface area contributed by atoms with Gasteiger partial charge >= 0.3 is 0 Å². The lowest BCUT2D eigenvalue weighted by Crippen LogP contribution is -2.55. The minimum atomic E-state index is -3.87. The van der Waals surface area contributed by atoms with Crippen LogP contribution < -0.4 is 9.62 Å². The van der Waals surface area contributed by atoms with Gasteiger partial charge in [-0.3, -0.25) is 13.9 Å². The maximum absolute atomic E-state index is 14.3. The molecule has 1 saturated carbocycles. The molecule has 0 saturated heterocycles. The summed E-state index contributed by atoms with van der Waals surface area (Å²) in [6, 6.07) is 21.5. The number of rotatable bonds is 11. The Morgan fingerprint density at radius 1 is 0.886 bits per heavy atom. The molecule has 0 radical (unpaired) electrons. The topological polar surface area (TPSA) is 86.8 Å². The fraction of sp³-hybridized carbons (Fsp3) is 0.429. The van der Waals surface area contributed by atoms with Crippen LogP contribution in [0.3, 0.4) is 0 Å². The molecule has 236 valence electrons. The van der Waals surface area contributed by atoms with Gasteiger partial charge in [0.15, 0.2) is 0 Å². The molecule has 4 rings (SSSR count). The quantitative estimate of drug-likeness (QED) is 0.286. The highest BCUT2D eigenvalue weighted by molar-refractivity contribution is 7.92. The summed E-state index contributed by atoms with van der Waals surface area (Å²) in [6.07, 6.45) is 6.26. The Morgan fingerprint density at radius 2 is 1.50 bits per heavy atom. The molecule has 9 heteroatoms. The Balaban J connectivity index is 1.71. The van der Waals surface area contributed by atoms with E-state index in [1.807, 2.05) is 42.5 Å². The number of benzene rings is 3. The summed E-state index contributed by atoms with van der Waals surface area (Å²) in [5.41, 5.74) is 2.75. The van der Waals surface area contributed by atoms with E-state index >= 15 is 0 Å². The Hall–Kier alpha value is -3.72. The molecular formula is C35H44FN3O4S. The normalized spacial score (nSPS) is 14.9. The van der Waals surface area contributed by atoms with Gasteiger partial charge in [-0.2, -0.15) is 0 Å². The highest BCUT2D eigenvalue weighted by Crippen LogP contribution is 2.27. The SMILES string of the molecule is CC(C)(C)c1ccc(N(CC(=O)N(Cc2ccc(F)cc2)C(Cc2ccccc2)C(=O)NC2CCCCC2)S(C)(=O)=O)cc1. The van der Waals surface area contributed by atoms with Crippen LogP contribution >= 0.6 is 0 Å². The summed E-state index contributed by atoms with van der Waals surface area (Å²) in [5.74, 6) is -1.22. The van der Waals surface area contributed by atoms with Crippen LogP contribution in [0.25, 0.3) is 0 Å². The van der Waals surface area contributed by atoms with Crippen molar-refractivity contribution in [2.45, 2.75) is 83.3 Å². The molecule has 1 aliphatic rings. The lowest BCUT2D eigenvalue weighted by atomic mass is 9.87. The molecule has 7 nitrogen and oxygen atoms in total. The molecule has 3 aromatic carbocycles. The molecule has 0 bridgehead atoms. The number of carbonyl (C=O) groups excluding carboxylic acids is 2. The summed E-state index contributed by atoms with van der Waals surface area (Å²) in [4.78, 5) is 29.7. The minimum absolute atomic E-state index is 0.00919. The molecule has 0 aliphatic heterocycles. The van der Waals surface area contributed by atoms with Crippen LogP contribution in [0.2, 0.25) is 0 Å². The van der Waals surface area contributed by atoms with E-state index in [1.165, 1.54) is 17.0 Å². The molecule has 2 amide bonds. The van der Waals surface area contributed by atoms with E-state index in [1.54, 1.807) is 24.3 Å². The molecule has 0 heterocycles. The maximum atomic E-state index is 14.3. The van der Waals surface area contributed by atoms with Crippen molar-refractivity contribution in [3.8, 4) is 0 Å². The van der Waals surface area contributed by atoms with E-state index < -0.39 is 34.3 Å². The molecule has 0 aromatic heterocycles. The maximum Gasteiger partial charge on any atom is 0.244 e. The molecule has 1 unspecified atom stereocenters. The van der Waals surface area contributed by atoms with Crippen molar-refractivity contribution >= 4 is 27.5 Å². The van der Waals surface area contributed by atoms with Gasteiger partial charge in [-0.1, -0.05) is 94.6 Å². The van der Waals surface area contributed by atoms with Gasteiger partial charge in [0.25, 0.3) is 0 Å². The Bertz CT molecular complexity index is 1500. The average Bonchev–Trinajstić information content (AvgIpc) is 2.98. The second kappa shape index (κ2) is 14.4. The van der Waals surface area contributed by atoms with Crippen molar-refractivity contribution in [3.05, 3.63) is 101 Å². The number of anilines is 1. The summed E-state index contributed by atoms with van der Waals surface area (Å²) < 4.78 is 41.0. The fourth-order valence-corrected chi connectivity index (χ4v) is 6.48. The number of sulfonamides is 1. The molecule has 1 N–H and O–H groups in total. The third-order valence-electron chi connectivity index (χ3n) is 8.19. The van der Waals surface area contributed by atoms with Gasteiger partial charge in [0.1, 0.15) is 18.4 Å². The van der Waals surface area contributed by atoms with Gasteiger partial charge in [0.05, 0.1) is 11.9 Å². The zero-order valence-corrected chi connectivity index (χ0v) is 26.9. The second-order valence-corrected chi connectivity index (χ2v) is 14.7. The third-order valence-corrected chi connectivity index (χ3v) is 9.33. The van der Waals surface area contributed by atoms with E-state index in [9.17, 15) is 22.4 Å². The van der Waals surface area contributed by atoms with Crippen LogP contribution in [0.5, 0.6) is 0 Å². The zero-order valence-electron chi connectivity index (χ0n) is 26.1. The van der Waals surface area contributed by atoms with Crippen molar-refractivity contribution in [1.82, 2.24) is 10.2 Å². The third kappa shape index (κ3) is 9.14. The smallest absolute Gasteiger partial charge is 0.244 e. The first-order valence-corrected chi connectivity index (χ1v) is 17.1. The summed E-state index contributed by atoms with van der Waals surface area (Å²) >= 11 is 0. The van der Waals surface area contributed by atoms with Crippen molar-refractivity contribution in [2.75, 3.05) is 17.1 Å². The van der Waals surface area contributed by atoms with Crippen molar-refractivity contribution in [3.63, 3.8) is 0 Å². The van der Waals surface area contributed by atoms with Crippen molar-refractivity contribution in [1.29, 1.82) is 0 Å². The van der Waals surface area contributed by atoms with E-state index in [0.717, 1.165) is 53.8 Å². The van der Waals surface area contributed by atoms with Crippen LogP contribution in [-0.4, -0.2) is 50.0 Å². The predicted octanol–water partition coefficient (Wildman–Crippen LogP) is 5.98. The molecule has 1 fully saturated rings. The van der Waals surface area contributed by atoms with Crippen LogP contribution in [0.4, 0.5) is 10.1 Å². The standard InChI is InChI=1S/C35H44FN3O4S/c1-35(2,3)28-17-21-31(22-18-28)39(44(4,42)43)25-33(40)38(24-27-15-19-29(36)20-16-27)32(23-26-11-7-5-8-12-26)34(41)37-30-13-9-6-10-14-30/h5,7-8,11-12,15-22,30,32H,6,9-10,13-14,23-25H2,1-4H3,(H,37,41). The highest BCUT2D eigenvalue weighted by Gasteiger charge is 2.34. The highest BCUT2D eigenvalue weighted by atomic mass is 32.2. The molecular weight excluding hydrogens is 577 g/mol. The lowest BCUT2D eigenvalue weighted by molar-refractivity contribution is -0.140. The van der Waals surface area contributed by atoms with Gasteiger partial charge in [-0.15, -0.1) is 0 Å². The Labute approximate surface area is 261 Å². The fourth-order valence-electron chi connectivity index (χ4n) is 5.63. The summed E-state index contributed by atoms with van der Waals surface area (Å²) in [7, 11) is -3.87. The number of hydrogen-bond donors (Lipinski definition) is 1. The minimum Gasteiger partial charge on any atom is -0.352 e. The zero-order chi connectivity index (χ0) is 31.9. The summed E-state index contributed by atoms with van der Waals surface area (Å²) in [6.45, 7) is 5.72.